The van der Waals surface area contributed by atoms with Crippen LogP contribution in [0.4, 0.5) is 17.1 Å². The minimum atomic E-state index is -1.02. The molecule has 2 N–H and O–H groups in total. The van der Waals surface area contributed by atoms with E-state index in [2.05, 4.69) is 53.6 Å². The van der Waals surface area contributed by atoms with Gasteiger partial charge in [0.05, 0.1) is 5.69 Å². The summed E-state index contributed by atoms with van der Waals surface area (Å²) in [7, 11) is 0. The Labute approximate surface area is 169 Å². The molecule has 142 valence electrons. The first kappa shape index (κ1) is 16.4. The van der Waals surface area contributed by atoms with Crippen LogP contribution >= 0.6 is 0 Å². The number of hydrogen-bond acceptors (Lipinski definition) is 4. The molecule has 1 spiro atoms. The highest BCUT2D eigenvalue weighted by atomic mass is 16.2. The number of nitrogens with zero attached hydrogens (tertiary/aromatic N) is 2. The first-order chi connectivity index (χ1) is 14.1. The lowest BCUT2D eigenvalue weighted by Crippen LogP contribution is -2.61. The van der Waals surface area contributed by atoms with E-state index >= 15 is 0 Å². The van der Waals surface area contributed by atoms with Gasteiger partial charge in [-0.2, -0.15) is 0 Å². The summed E-state index contributed by atoms with van der Waals surface area (Å²) in [4.78, 5) is 20.6. The van der Waals surface area contributed by atoms with Crippen LogP contribution < -0.4 is 10.6 Å². The van der Waals surface area contributed by atoms with Gasteiger partial charge in [-0.1, -0.05) is 41.5 Å². The van der Waals surface area contributed by atoms with Crippen LogP contribution in [0.2, 0.25) is 0 Å². The van der Waals surface area contributed by atoms with Gasteiger partial charge < -0.3 is 15.5 Å². The van der Waals surface area contributed by atoms with Gasteiger partial charge in [0.1, 0.15) is 5.84 Å². The van der Waals surface area contributed by atoms with Crippen molar-refractivity contribution in [2.45, 2.75) is 26.1 Å². The minimum Gasteiger partial charge on any atom is -0.350 e. The van der Waals surface area contributed by atoms with Gasteiger partial charge in [-0.15, -0.1) is 0 Å². The standard InChI is InChI=1S/C24H20N4O/c1-14-7-9-20-17(11-14)22-25-19-6-4-3-5-16(19)13-28(22)24(27-20)18-12-15(2)8-10-21(18)26-23(24)29/h3-12,27H,13H2,1-2H3,(H,26,29). The minimum absolute atomic E-state index is 0.0728. The number of rotatable bonds is 0. The highest BCUT2D eigenvalue weighted by molar-refractivity contribution is 6.16. The Kier molecular flexibility index (Phi) is 3.09. The highest BCUT2D eigenvalue weighted by Gasteiger charge is 2.56. The summed E-state index contributed by atoms with van der Waals surface area (Å²) in [5.41, 5.74) is 7.09. The van der Waals surface area contributed by atoms with Crippen molar-refractivity contribution < 1.29 is 4.79 Å². The number of carbonyl (C=O) groups excluding carboxylic acids is 1. The van der Waals surface area contributed by atoms with Gasteiger partial charge in [-0.05, 0) is 49.7 Å². The van der Waals surface area contributed by atoms with Gasteiger partial charge in [0.2, 0.25) is 5.66 Å². The van der Waals surface area contributed by atoms with E-state index in [1.54, 1.807) is 0 Å². The van der Waals surface area contributed by atoms with E-state index in [0.29, 0.717) is 6.54 Å². The fraction of sp³-hybridized carbons (Fsp3) is 0.167. The van der Waals surface area contributed by atoms with Crippen LogP contribution in [0.25, 0.3) is 0 Å². The van der Waals surface area contributed by atoms with Crippen molar-refractivity contribution in [3.05, 3.63) is 88.5 Å². The molecule has 0 bridgehead atoms. The smallest absolute Gasteiger partial charge is 0.276 e. The van der Waals surface area contributed by atoms with Crippen molar-refractivity contribution in [3.8, 4) is 0 Å². The van der Waals surface area contributed by atoms with Crippen molar-refractivity contribution in [2.24, 2.45) is 4.99 Å². The molecule has 0 radical (unpaired) electrons. The summed E-state index contributed by atoms with van der Waals surface area (Å²) < 4.78 is 0. The number of aliphatic imine (C=N–C) groups is 1. The summed E-state index contributed by atoms with van der Waals surface area (Å²) in [6.45, 7) is 4.74. The van der Waals surface area contributed by atoms with E-state index in [4.69, 9.17) is 4.99 Å². The summed E-state index contributed by atoms with van der Waals surface area (Å²) >= 11 is 0. The molecule has 5 heteroatoms. The average molecular weight is 380 g/mol. The van der Waals surface area contributed by atoms with E-state index in [1.165, 1.54) is 0 Å². The molecular weight excluding hydrogens is 360 g/mol. The van der Waals surface area contributed by atoms with Gasteiger partial charge in [-0.3, -0.25) is 4.79 Å². The van der Waals surface area contributed by atoms with E-state index in [0.717, 1.165) is 50.7 Å². The maximum atomic E-state index is 13.5. The lowest BCUT2D eigenvalue weighted by molar-refractivity contribution is -0.124. The fourth-order valence-electron chi connectivity index (χ4n) is 4.66. The molecule has 3 aromatic rings. The predicted molar refractivity (Wildman–Crippen MR) is 114 cm³/mol. The first-order valence-corrected chi connectivity index (χ1v) is 9.82. The molecule has 1 amide bonds. The average Bonchev–Trinajstić information content (AvgIpc) is 2.99. The Bertz CT molecular complexity index is 1250. The van der Waals surface area contributed by atoms with Crippen LogP contribution in [0, 0.1) is 13.8 Å². The Balaban J connectivity index is 1.67. The second-order valence-electron chi connectivity index (χ2n) is 8.04. The van der Waals surface area contributed by atoms with Crippen molar-refractivity contribution in [1.29, 1.82) is 0 Å². The number of para-hydroxylation sites is 1. The van der Waals surface area contributed by atoms with E-state index in [9.17, 15) is 4.79 Å². The summed E-state index contributed by atoms with van der Waals surface area (Å²) in [5, 5.41) is 6.68. The lowest BCUT2D eigenvalue weighted by atomic mass is 9.89. The SMILES string of the molecule is Cc1ccc2c(c1)C1=Nc3ccccc3CN1C1(N2)C(=O)Nc2ccc(C)cc21. The van der Waals surface area contributed by atoms with Gasteiger partial charge in [0.15, 0.2) is 0 Å². The Morgan fingerprint density at radius 2 is 1.72 bits per heavy atom. The normalized spacial score (nSPS) is 20.8. The topological polar surface area (TPSA) is 56.7 Å². The molecular formula is C24H20N4O. The van der Waals surface area contributed by atoms with Crippen molar-refractivity contribution in [1.82, 2.24) is 4.90 Å². The van der Waals surface area contributed by atoms with Gasteiger partial charge in [0.25, 0.3) is 5.91 Å². The molecule has 3 aliphatic rings. The Morgan fingerprint density at radius 3 is 2.59 bits per heavy atom. The van der Waals surface area contributed by atoms with Crippen LogP contribution in [0.3, 0.4) is 0 Å². The van der Waals surface area contributed by atoms with E-state index < -0.39 is 5.66 Å². The number of amides is 1. The quantitative estimate of drug-likeness (QED) is 0.607. The molecule has 0 fully saturated rings. The zero-order valence-corrected chi connectivity index (χ0v) is 16.3. The van der Waals surface area contributed by atoms with Crippen molar-refractivity contribution in [2.75, 3.05) is 10.6 Å². The second kappa shape index (κ2) is 5.47. The summed E-state index contributed by atoms with van der Waals surface area (Å²) in [5.74, 6) is 0.766. The molecule has 0 aliphatic carbocycles. The van der Waals surface area contributed by atoms with Crippen LogP contribution in [-0.2, 0) is 17.0 Å². The second-order valence-corrected chi connectivity index (χ2v) is 8.04. The number of anilines is 2. The zero-order valence-electron chi connectivity index (χ0n) is 16.3. The third-order valence-electron chi connectivity index (χ3n) is 6.08. The molecule has 1 unspecified atom stereocenters. The predicted octanol–water partition coefficient (Wildman–Crippen LogP) is 4.43. The Morgan fingerprint density at radius 1 is 0.966 bits per heavy atom. The van der Waals surface area contributed by atoms with E-state index in [1.807, 2.05) is 36.4 Å². The third-order valence-corrected chi connectivity index (χ3v) is 6.08. The third kappa shape index (κ3) is 2.10. The molecule has 5 nitrogen and oxygen atoms in total. The maximum Gasteiger partial charge on any atom is 0.276 e. The Hall–Kier alpha value is -3.60. The van der Waals surface area contributed by atoms with Crippen LogP contribution in [0.5, 0.6) is 0 Å². The molecule has 6 rings (SSSR count). The number of hydrogen-bond donors (Lipinski definition) is 2. The van der Waals surface area contributed by atoms with E-state index in [-0.39, 0.29) is 5.91 Å². The number of aryl methyl sites for hydroxylation is 2. The van der Waals surface area contributed by atoms with Gasteiger partial charge >= 0.3 is 0 Å². The first-order valence-electron chi connectivity index (χ1n) is 9.82. The molecule has 3 aliphatic heterocycles. The molecule has 0 saturated heterocycles. The van der Waals surface area contributed by atoms with Gasteiger partial charge in [0, 0.05) is 29.0 Å². The maximum absolute atomic E-state index is 13.5. The number of amidine groups is 1. The van der Waals surface area contributed by atoms with Crippen LogP contribution in [-0.4, -0.2) is 16.6 Å². The molecule has 0 aromatic heterocycles. The highest BCUT2D eigenvalue weighted by Crippen LogP contribution is 2.48. The largest absolute Gasteiger partial charge is 0.350 e. The number of benzene rings is 3. The van der Waals surface area contributed by atoms with Crippen LogP contribution in [0.1, 0.15) is 27.8 Å². The molecule has 3 aromatic carbocycles. The van der Waals surface area contributed by atoms with Crippen molar-refractivity contribution >= 4 is 28.8 Å². The molecule has 0 saturated carbocycles. The summed E-state index contributed by atoms with van der Waals surface area (Å²) in [6, 6.07) is 20.5. The fourth-order valence-corrected chi connectivity index (χ4v) is 4.66. The number of carbonyl (C=O) groups is 1. The van der Waals surface area contributed by atoms with Gasteiger partial charge in [-0.25, -0.2) is 4.99 Å². The molecule has 3 heterocycles. The van der Waals surface area contributed by atoms with Crippen LogP contribution in [0.15, 0.2) is 65.7 Å². The van der Waals surface area contributed by atoms with Crippen molar-refractivity contribution in [3.63, 3.8) is 0 Å². The molecule has 29 heavy (non-hydrogen) atoms. The molecule has 1 atom stereocenters. The number of nitrogens with one attached hydrogen (secondary N) is 2. The lowest BCUT2D eigenvalue weighted by Gasteiger charge is -2.48. The summed E-state index contributed by atoms with van der Waals surface area (Å²) in [6.07, 6.45) is 0. The number of fused-ring (bicyclic) bond motifs is 7. The monoisotopic (exact) mass is 380 g/mol. The zero-order chi connectivity index (χ0) is 19.8.